The Labute approximate surface area is 90.3 Å². The molecule has 2 N–H and O–H groups in total. The van der Waals surface area contributed by atoms with Crippen LogP contribution in [0.2, 0.25) is 0 Å². The molecule has 0 amide bonds. The Morgan fingerprint density at radius 1 is 1.50 bits per heavy atom. The molecule has 1 aromatic heterocycles. The summed E-state index contributed by atoms with van der Waals surface area (Å²) >= 11 is 1.86. The fourth-order valence-corrected chi connectivity index (χ4v) is 2.04. The molecule has 1 aromatic rings. The Kier molecular flexibility index (Phi) is 4.98. The highest BCUT2D eigenvalue weighted by atomic mass is 32.2. The van der Waals surface area contributed by atoms with Gasteiger partial charge in [0.05, 0.1) is 5.69 Å². The average molecular weight is 210 g/mol. The smallest absolute Gasteiger partial charge is 0.0569 e. The largest absolute Gasteiger partial charge is 0.323 e. The Morgan fingerprint density at radius 3 is 2.79 bits per heavy atom. The molecule has 0 aliphatic heterocycles. The minimum atomic E-state index is 0.0321. The van der Waals surface area contributed by atoms with Crippen LogP contribution in [0.4, 0.5) is 0 Å². The number of nitrogens with two attached hydrogens (primary N) is 1. The molecule has 0 fully saturated rings. The maximum absolute atomic E-state index is 5.72. The topological polar surface area (TPSA) is 38.9 Å². The third kappa shape index (κ3) is 3.68. The van der Waals surface area contributed by atoms with E-state index in [4.69, 9.17) is 5.73 Å². The van der Waals surface area contributed by atoms with Gasteiger partial charge in [-0.05, 0) is 31.2 Å². The first-order valence-corrected chi connectivity index (χ1v) is 6.07. The van der Waals surface area contributed by atoms with E-state index in [-0.39, 0.29) is 6.04 Å². The zero-order chi connectivity index (χ0) is 10.4. The van der Waals surface area contributed by atoms with Crippen molar-refractivity contribution in [2.24, 2.45) is 5.73 Å². The Morgan fingerprint density at radius 2 is 2.29 bits per heavy atom. The van der Waals surface area contributed by atoms with Crippen LogP contribution in [0.15, 0.2) is 23.2 Å². The Bertz CT molecular complexity index is 256. The van der Waals surface area contributed by atoms with Gasteiger partial charge in [-0.3, -0.25) is 4.98 Å². The molecule has 1 heterocycles. The number of aromatic nitrogens is 1. The number of unbranched alkanes of at least 4 members (excludes halogenated alkanes) is 1. The molecule has 14 heavy (non-hydrogen) atoms. The quantitative estimate of drug-likeness (QED) is 0.600. The normalized spacial score (nSPS) is 12.8. The van der Waals surface area contributed by atoms with Crippen molar-refractivity contribution in [3.8, 4) is 0 Å². The number of hydrogen-bond acceptors (Lipinski definition) is 3. The summed E-state index contributed by atoms with van der Waals surface area (Å²) in [5, 5.41) is 0. The van der Waals surface area contributed by atoms with E-state index in [0.29, 0.717) is 0 Å². The fourth-order valence-electron chi connectivity index (χ4n) is 1.08. The van der Waals surface area contributed by atoms with Crippen LogP contribution in [0.5, 0.6) is 0 Å². The highest BCUT2D eigenvalue weighted by Gasteiger charge is 2.00. The number of thioether (sulfide) groups is 1. The summed E-state index contributed by atoms with van der Waals surface area (Å²) in [7, 11) is 0. The summed E-state index contributed by atoms with van der Waals surface area (Å²) in [5.74, 6) is 1.18. The molecule has 0 saturated heterocycles. The fraction of sp³-hybridized carbons (Fsp3) is 0.545. The van der Waals surface area contributed by atoms with Crippen LogP contribution in [0.3, 0.4) is 0 Å². The number of rotatable bonds is 5. The van der Waals surface area contributed by atoms with Crippen molar-refractivity contribution in [2.75, 3.05) is 5.75 Å². The highest BCUT2D eigenvalue weighted by Crippen LogP contribution is 2.19. The van der Waals surface area contributed by atoms with Crippen LogP contribution in [-0.4, -0.2) is 10.7 Å². The van der Waals surface area contributed by atoms with Crippen molar-refractivity contribution in [3.63, 3.8) is 0 Å². The highest BCUT2D eigenvalue weighted by molar-refractivity contribution is 7.99. The zero-order valence-electron chi connectivity index (χ0n) is 8.86. The van der Waals surface area contributed by atoms with Gasteiger partial charge in [-0.25, -0.2) is 0 Å². The summed E-state index contributed by atoms with van der Waals surface area (Å²) in [6, 6.07) is 4.15. The van der Waals surface area contributed by atoms with E-state index in [2.05, 4.69) is 18.0 Å². The molecule has 0 aromatic carbocycles. The maximum Gasteiger partial charge on any atom is 0.0569 e. The lowest BCUT2D eigenvalue weighted by molar-refractivity contribution is 0.777. The summed E-state index contributed by atoms with van der Waals surface area (Å²) < 4.78 is 0. The van der Waals surface area contributed by atoms with Crippen LogP contribution in [0.1, 0.15) is 38.4 Å². The third-order valence-corrected chi connectivity index (χ3v) is 3.06. The number of hydrogen-bond donors (Lipinski definition) is 1. The van der Waals surface area contributed by atoms with Crippen molar-refractivity contribution in [1.82, 2.24) is 4.98 Å². The monoisotopic (exact) mass is 210 g/mol. The van der Waals surface area contributed by atoms with Gasteiger partial charge in [0.25, 0.3) is 0 Å². The average Bonchev–Trinajstić information content (AvgIpc) is 2.19. The van der Waals surface area contributed by atoms with E-state index < -0.39 is 0 Å². The molecule has 0 bridgehead atoms. The predicted molar refractivity (Wildman–Crippen MR) is 62.5 cm³/mol. The lowest BCUT2D eigenvalue weighted by Crippen LogP contribution is -2.06. The lowest BCUT2D eigenvalue weighted by atomic mass is 10.2. The van der Waals surface area contributed by atoms with Crippen molar-refractivity contribution < 1.29 is 0 Å². The molecule has 1 rings (SSSR count). The molecule has 0 spiro atoms. The summed E-state index contributed by atoms with van der Waals surface area (Å²) in [4.78, 5) is 5.55. The predicted octanol–water partition coefficient (Wildman–Crippen LogP) is 2.99. The number of nitrogens with zero attached hydrogens (tertiary/aromatic N) is 1. The molecule has 0 radical (unpaired) electrons. The molecule has 78 valence electrons. The summed E-state index contributed by atoms with van der Waals surface area (Å²) in [6.45, 7) is 4.16. The summed E-state index contributed by atoms with van der Waals surface area (Å²) in [5.41, 5.74) is 6.68. The van der Waals surface area contributed by atoms with E-state index in [0.717, 1.165) is 5.69 Å². The second-order valence-electron chi connectivity index (χ2n) is 3.41. The van der Waals surface area contributed by atoms with Crippen LogP contribution < -0.4 is 5.73 Å². The van der Waals surface area contributed by atoms with Crippen LogP contribution in [-0.2, 0) is 0 Å². The molecule has 1 unspecified atom stereocenters. The van der Waals surface area contributed by atoms with E-state index in [9.17, 15) is 0 Å². The second kappa shape index (κ2) is 6.04. The van der Waals surface area contributed by atoms with Gasteiger partial charge in [-0.15, -0.1) is 11.8 Å². The van der Waals surface area contributed by atoms with Gasteiger partial charge in [0, 0.05) is 17.1 Å². The van der Waals surface area contributed by atoms with Crippen molar-refractivity contribution >= 4 is 11.8 Å². The molecular weight excluding hydrogens is 192 g/mol. The molecule has 0 aliphatic carbocycles. The second-order valence-corrected chi connectivity index (χ2v) is 4.58. The Balaban J connectivity index is 2.47. The van der Waals surface area contributed by atoms with Crippen LogP contribution >= 0.6 is 11.8 Å². The molecule has 0 saturated carbocycles. The molecule has 3 heteroatoms. The van der Waals surface area contributed by atoms with Crippen LogP contribution in [0, 0.1) is 0 Å². The van der Waals surface area contributed by atoms with Gasteiger partial charge >= 0.3 is 0 Å². The van der Waals surface area contributed by atoms with Gasteiger partial charge in [0.2, 0.25) is 0 Å². The summed E-state index contributed by atoms with van der Waals surface area (Å²) in [6.07, 6.45) is 4.43. The van der Waals surface area contributed by atoms with Crippen molar-refractivity contribution in [3.05, 3.63) is 24.0 Å². The first kappa shape index (κ1) is 11.5. The third-order valence-electron chi connectivity index (χ3n) is 1.99. The van der Waals surface area contributed by atoms with Crippen molar-refractivity contribution in [2.45, 2.75) is 37.6 Å². The van der Waals surface area contributed by atoms with E-state index in [1.54, 1.807) is 0 Å². The van der Waals surface area contributed by atoms with Gasteiger partial charge in [0.1, 0.15) is 0 Å². The standard InChI is InChI=1S/C11H18N2S/c1-3-4-7-14-10-5-6-11(9(2)12)13-8-10/h5-6,8-9H,3-4,7,12H2,1-2H3. The van der Waals surface area contributed by atoms with E-state index in [1.165, 1.54) is 23.5 Å². The molecular formula is C11H18N2S. The zero-order valence-corrected chi connectivity index (χ0v) is 9.68. The van der Waals surface area contributed by atoms with Gasteiger partial charge in [-0.1, -0.05) is 13.3 Å². The van der Waals surface area contributed by atoms with Crippen molar-refractivity contribution in [1.29, 1.82) is 0 Å². The SMILES string of the molecule is CCCCSc1ccc(C(C)N)nc1. The van der Waals surface area contributed by atoms with Gasteiger partial charge in [0.15, 0.2) is 0 Å². The molecule has 1 atom stereocenters. The van der Waals surface area contributed by atoms with E-state index >= 15 is 0 Å². The minimum absolute atomic E-state index is 0.0321. The van der Waals surface area contributed by atoms with Crippen LogP contribution in [0.25, 0.3) is 0 Å². The van der Waals surface area contributed by atoms with Gasteiger partial charge < -0.3 is 5.73 Å². The van der Waals surface area contributed by atoms with Gasteiger partial charge in [-0.2, -0.15) is 0 Å². The first-order chi connectivity index (χ1) is 6.74. The molecule has 0 aliphatic rings. The molecule has 2 nitrogen and oxygen atoms in total. The lowest BCUT2D eigenvalue weighted by Gasteiger charge is -2.05. The van der Waals surface area contributed by atoms with E-state index in [1.807, 2.05) is 30.9 Å². The first-order valence-electron chi connectivity index (χ1n) is 5.08. The minimum Gasteiger partial charge on any atom is -0.323 e. The Hall–Kier alpha value is -0.540. The number of pyridine rings is 1. The maximum atomic E-state index is 5.72.